The predicted octanol–water partition coefficient (Wildman–Crippen LogP) is 1.44. The third-order valence-electron chi connectivity index (χ3n) is 2.34. The number of benzene rings is 1. The van der Waals surface area contributed by atoms with E-state index >= 15 is 0 Å². The van der Waals surface area contributed by atoms with Crippen LogP contribution in [0.1, 0.15) is 10.4 Å². The van der Waals surface area contributed by atoms with E-state index in [1.807, 2.05) is 0 Å². The van der Waals surface area contributed by atoms with Crippen LogP contribution in [-0.2, 0) is 9.47 Å². The van der Waals surface area contributed by atoms with Crippen molar-refractivity contribution in [2.24, 2.45) is 0 Å². The second-order valence-electron chi connectivity index (χ2n) is 3.43. The number of methoxy groups -OCH3 is 2. The number of aldehydes is 1. The minimum absolute atomic E-state index is 0.162. The molecule has 18 heavy (non-hydrogen) atoms. The van der Waals surface area contributed by atoms with Gasteiger partial charge in [0.25, 0.3) is 5.69 Å². The topological polar surface area (TPSA) is 90.7 Å². The Balaban J connectivity index is 2.87. The number of nitro benzene ring substituents is 1. The van der Waals surface area contributed by atoms with Crippen molar-refractivity contribution in [3.05, 3.63) is 33.9 Å². The maximum atomic E-state index is 10.9. The summed E-state index contributed by atoms with van der Waals surface area (Å²) in [6, 6.07) is 4.19. The van der Waals surface area contributed by atoms with Gasteiger partial charge in [0.15, 0.2) is 6.29 Å². The first-order valence-corrected chi connectivity index (χ1v) is 5.15. The number of nitro groups is 1. The molecule has 0 aliphatic heterocycles. The van der Waals surface area contributed by atoms with Crippen molar-refractivity contribution in [2.45, 2.75) is 6.29 Å². The van der Waals surface area contributed by atoms with Crippen LogP contribution in [0.15, 0.2) is 18.2 Å². The molecule has 0 bridgehead atoms. The molecule has 1 aromatic carbocycles. The summed E-state index contributed by atoms with van der Waals surface area (Å²) in [6.45, 7) is 0.258. The molecule has 1 aromatic rings. The normalized spacial score (nSPS) is 10.4. The number of ether oxygens (including phenoxy) is 2. The monoisotopic (exact) mass is 254 g/mol. The number of carbonyl (C=O) groups excluding carboxylic acids is 1. The summed E-state index contributed by atoms with van der Waals surface area (Å²) < 4.78 is 9.91. The zero-order chi connectivity index (χ0) is 13.5. The molecule has 0 unspecified atom stereocenters. The molecule has 7 nitrogen and oxygen atoms in total. The van der Waals surface area contributed by atoms with Crippen LogP contribution in [0.3, 0.4) is 0 Å². The summed E-state index contributed by atoms with van der Waals surface area (Å²) in [5.41, 5.74) is 0.400. The van der Waals surface area contributed by atoms with Gasteiger partial charge in [0.05, 0.1) is 11.5 Å². The van der Waals surface area contributed by atoms with Crippen LogP contribution in [-0.4, -0.2) is 38.3 Å². The standard InChI is InChI=1S/C11H14N2O5/c1-17-11(18-2)6-12-9-4-3-8(7-14)5-10(9)13(15)16/h3-5,7,11-12H,6H2,1-2H3. The quantitative estimate of drug-likeness (QED) is 0.342. The van der Waals surface area contributed by atoms with E-state index in [1.165, 1.54) is 32.4 Å². The van der Waals surface area contributed by atoms with E-state index < -0.39 is 11.2 Å². The van der Waals surface area contributed by atoms with Gasteiger partial charge in [0.1, 0.15) is 12.0 Å². The van der Waals surface area contributed by atoms with Gasteiger partial charge in [-0.15, -0.1) is 0 Å². The molecule has 1 N–H and O–H groups in total. The Kier molecular flexibility index (Phi) is 5.22. The fraction of sp³-hybridized carbons (Fsp3) is 0.364. The summed E-state index contributed by atoms with van der Waals surface area (Å²) >= 11 is 0. The fourth-order valence-corrected chi connectivity index (χ4v) is 1.38. The average molecular weight is 254 g/mol. The van der Waals surface area contributed by atoms with Crippen LogP contribution in [0.25, 0.3) is 0 Å². The SMILES string of the molecule is COC(CNc1ccc(C=O)cc1[N+](=O)[O-])OC. The molecule has 0 saturated carbocycles. The Hall–Kier alpha value is -1.99. The van der Waals surface area contributed by atoms with E-state index in [0.717, 1.165) is 0 Å². The Bertz CT molecular complexity index is 431. The third kappa shape index (κ3) is 3.51. The van der Waals surface area contributed by atoms with Gasteiger partial charge in [0, 0.05) is 25.8 Å². The van der Waals surface area contributed by atoms with Crippen molar-refractivity contribution < 1.29 is 19.2 Å². The second kappa shape index (κ2) is 6.67. The minimum Gasteiger partial charge on any atom is -0.374 e. The van der Waals surface area contributed by atoms with Crippen molar-refractivity contribution in [3.8, 4) is 0 Å². The second-order valence-corrected chi connectivity index (χ2v) is 3.43. The van der Waals surface area contributed by atoms with E-state index in [2.05, 4.69) is 5.32 Å². The first kappa shape index (κ1) is 14.1. The zero-order valence-electron chi connectivity index (χ0n) is 10.1. The van der Waals surface area contributed by atoms with Gasteiger partial charge < -0.3 is 14.8 Å². The maximum absolute atomic E-state index is 10.9. The van der Waals surface area contributed by atoms with E-state index in [4.69, 9.17) is 9.47 Å². The van der Waals surface area contributed by atoms with Gasteiger partial charge in [0.2, 0.25) is 0 Å². The zero-order valence-corrected chi connectivity index (χ0v) is 10.1. The highest BCUT2D eigenvalue weighted by Gasteiger charge is 2.15. The van der Waals surface area contributed by atoms with Crippen molar-refractivity contribution >= 4 is 17.7 Å². The van der Waals surface area contributed by atoms with Crippen LogP contribution in [0.5, 0.6) is 0 Å². The summed E-state index contributed by atoms with van der Waals surface area (Å²) in [5, 5.41) is 13.7. The van der Waals surface area contributed by atoms with Crippen molar-refractivity contribution in [3.63, 3.8) is 0 Å². The number of rotatable bonds is 7. The molecular weight excluding hydrogens is 240 g/mol. The molecule has 0 aliphatic rings. The smallest absolute Gasteiger partial charge is 0.293 e. The van der Waals surface area contributed by atoms with Crippen LogP contribution < -0.4 is 5.32 Å². The highest BCUT2D eigenvalue weighted by Crippen LogP contribution is 2.25. The first-order valence-electron chi connectivity index (χ1n) is 5.15. The lowest BCUT2D eigenvalue weighted by atomic mass is 10.2. The minimum atomic E-state index is -0.552. The van der Waals surface area contributed by atoms with Crippen molar-refractivity contribution in [1.29, 1.82) is 0 Å². The Morgan fingerprint density at radius 1 is 1.44 bits per heavy atom. The molecule has 98 valence electrons. The molecule has 0 amide bonds. The number of hydrogen-bond acceptors (Lipinski definition) is 6. The lowest BCUT2D eigenvalue weighted by Gasteiger charge is -2.14. The van der Waals surface area contributed by atoms with Crippen LogP contribution in [0.4, 0.5) is 11.4 Å². The average Bonchev–Trinajstić information content (AvgIpc) is 2.39. The van der Waals surface area contributed by atoms with Crippen LogP contribution in [0.2, 0.25) is 0 Å². The number of anilines is 1. The summed E-state index contributed by atoms with van der Waals surface area (Å²) in [6.07, 6.45) is 0.0551. The number of carbonyl (C=O) groups is 1. The van der Waals surface area contributed by atoms with E-state index in [-0.39, 0.29) is 17.8 Å². The van der Waals surface area contributed by atoms with Crippen molar-refractivity contribution in [1.82, 2.24) is 0 Å². The van der Waals surface area contributed by atoms with Gasteiger partial charge in [-0.05, 0) is 12.1 Å². The van der Waals surface area contributed by atoms with E-state index in [1.54, 1.807) is 0 Å². The summed E-state index contributed by atoms with van der Waals surface area (Å²) in [4.78, 5) is 20.9. The van der Waals surface area contributed by atoms with E-state index in [0.29, 0.717) is 12.0 Å². The number of hydrogen-bond donors (Lipinski definition) is 1. The molecule has 0 heterocycles. The lowest BCUT2D eigenvalue weighted by Crippen LogP contribution is -2.23. The van der Waals surface area contributed by atoms with E-state index in [9.17, 15) is 14.9 Å². The largest absolute Gasteiger partial charge is 0.374 e. The van der Waals surface area contributed by atoms with Crippen LogP contribution >= 0.6 is 0 Å². The molecule has 1 rings (SSSR count). The molecule has 0 aliphatic carbocycles. The fourth-order valence-electron chi connectivity index (χ4n) is 1.38. The summed E-state index contributed by atoms with van der Waals surface area (Å²) in [7, 11) is 2.94. The van der Waals surface area contributed by atoms with Gasteiger partial charge >= 0.3 is 0 Å². The first-order chi connectivity index (χ1) is 8.62. The van der Waals surface area contributed by atoms with Crippen molar-refractivity contribution in [2.75, 3.05) is 26.1 Å². The third-order valence-corrected chi connectivity index (χ3v) is 2.34. The Morgan fingerprint density at radius 3 is 2.61 bits per heavy atom. The molecule has 0 radical (unpaired) electrons. The van der Waals surface area contributed by atoms with Gasteiger partial charge in [-0.3, -0.25) is 14.9 Å². The summed E-state index contributed by atoms with van der Waals surface area (Å²) in [5.74, 6) is 0. The Labute approximate surface area is 104 Å². The van der Waals surface area contributed by atoms with Gasteiger partial charge in [-0.2, -0.15) is 0 Å². The molecular formula is C11H14N2O5. The molecule has 0 saturated heterocycles. The van der Waals surface area contributed by atoms with Gasteiger partial charge in [-0.25, -0.2) is 0 Å². The highest BCUT2D eigenvalue weighted by atomic mass is 16.7. The highest BCUT2D eigenvalue weighted by molar-refractivity contribution is 5.79. The van der Waals surface area contributed by atoms with Crippen LogP contribution in [0, 0.1) is 10.1 Å². The molecule has 0 spiro atoms. The number of nitrogens with one attached hydrogen (secondary N) is 1. The Morgan fingerprint density at radius 2 is 2.11 bits per heavy atom. The maximum Gasteiger partial charge on any atom is 0.293 e. The number of nitrogens with zero attached hydrogens (tertiary/aromatic N) is 1. The van der Waals surface area contributed by atoms with Gasteiger partial charge in [-0.1, -0.05) is 0 Å². The molecule has 7 heteroatoms. The molecule has 0 atom stereocenters. The molecule has 0 fully saturated rings. The lowest BCUT2D eigenvalue weighted by molar-refractivity contribution is -0.384. The molecule has 0 aromatic heterocycles. The predicted molar refractivity (Wildman–Crippen MR) is 64.8 cm³/mol.